The van der Waals surface area contributed by atoms with E-state index >= 15 is 0 Å². The third-order valence-corrected chi connectivity index (χ3v) is 3.42. The summed E-state index contributed by atoms with van der Waals surface area (Å²) >= 11 is 0. The lowest BCUT2D eigenvalue weighted by atomic mass is 10.1. The molecule has 0 bridgehead atoms. The average molecular weight is 304 g/mol. The number of fused-ring (bicyclic) bond motifs is 1. The molecule has 0 spiro atoms. The van der Waals surface area contributed by atoms with Gasteiger partial charge in [0.2, 0.25) is 0 Å². The van der Waals surface area contributed by atoms with Gasteiger partial charge in [0.1, 0.15) is 5.75 Å². The van der Waals surface area contributed by atoms with Crippen molar-refractivity contribution in [3.63, 3.8) is 0 Å². The van der Waals surface area contributed by atoms with Crippen LogP contribution in [0.1, 0.15) is 18.9 Å². The number of carboxylic acids is 1. The van der Waals surface area contributed by atoms with Gasteiger partial charge in [0.05, 0.1) is 18.5 Å². The maximum absolute atomic E-state index is 12.4. The summed E-state index contributed by atoms with van der Waals surface area (Å²) in [6, 6.07) is 7.10. The zero-order chi connectivity index (χ0) is 16.1. The topological polar surface area (TPSA) is 94.5 Å². The summed E-state index contributed by atoms with van der Waals surface area (Å²) in [4.78, 5) is 23.2. The number of aryl methyl sites for hydroxylation is 1. The minimum absolute atomic E-state index is 0.267. The Hall–Kier alpha value is -2.34. The third-order valence-electron chi connectivity index (χ3n) is 3.42. The monoisotopic (exact) mass is 304 g/mol. The Morgan fingerprint density at radius 1 is 1.36 bits per heavy atom. The van der Waals surface area contributed by atoms with E-state index in [0.29, 0.717) is 31.0 Å². The van der Waals surface area contributed by atoms with Crippen molar-refractivity contribution in [1.29, 1.82) is 0 Å². The van der Waals surface area contributed by atoms with Gasteiger partial charge in [-0.25, -0.2) is 0 Å². The Balaban J connectivity index is 2.48. The molecule has 0 saturated carbocycles. The summed E-state index contributed by atoms with van der Waals surface area (Å²) in [5.74, 6) is -0.339. The van der Waals surface area contributed by atoms with Gasteiger partial charge < -0.3 is 20.1 Å². The largest absolute Gasteiger partial charge is 0.493 e. The van der Waals surface area contributed by atoms with Gasteiger partial charge in [-0.2, -0.15) is 0 Å². The maximum atomic E-state index is 12.4. The highest BCUT2D eigenvalue weighted by Crippen LogP contribution is 2.21. The first kappa shape index (κ1) is 16.0. The van der Waals surface area contributed by atoms with Crippen LogP contribution in [0.3, 0.4) is 0 Å². The minimum atomic E-state index is -1.01. The van der Waals surface area contributed by atoms with Gasteiger partial charge in [0.15, 0.2) is 0 Å². The molecule has 2 rings (SSSR count). The summed E-state index contributed by atoms with van der Waals surface area (Å²) in [5.41, 5.74) is 6.20. The number of ether oxygens (including phenoxy) is 1. The van der Waals surface area contributed by atoms with E-state index in [2.05, 4.69) is 0 Å². The first-order valence-corrected chi connectivity index (χ1v) is 7.28. The molecule has 3 N–H and O–H groups in total. The second kappa shape index (κ2) is 7.09. The summed E-state index contributed by atoms with van der Waals surface area (Å²) in [6.45, 7) is 3.41. The first-order valence-electron chi connectivity index (χ1n) is 7.28. The van der Waals surface area contributed by atoms with Crippen LogP contribution >= 0.6 is 0 Å². The van der Waals surface area contributed by atoms with Crippen LogP contribution in [0.2, 0.25) is 0 Å². The van der Waals surface area contributed by atoms with Crippen LogP contribution in [-0.2, 0) is 17.8 Å². The molecule has 1 aromatic carbocycles. The molecule has 6 heteroatoms. The van der Waals surface area contributed by atoms with E-state index in [1.54, 1.807) is 16.7 Å². The molecule has 22 heavy (non-hydrogen) atoms. The highest BCUT2D eigenvalue weighted by molar-refractivity contribution is 5.82. The highest BCUT2D eigenvalue weighted by atomic mass is 16.5. The van der Waals surface area contributed by atoms with Crippen molar-refractivity contribution >= 4 is 16.9 Å². The van der Waals surface area contributed by atoms with Gasteiger partial charge in [-0.3, -0.25) is 9.59 Å². The molecular formula is C16H20N2O4. The summed E-state index contributed by atoms with van der Waals surface area (Å²) in [6.07, 6.45) is 0.486. The molecule has 0 aliphatic heterocycles. The predicted molar refractivity (Wildman–Crippen MR) is 84.4 cm³/mol. The number of benzene rings is 1. The Bertz CT molecular complexity index is 737. The van der Waals surface area contributed by atoms with Crippen LogP contribution in [0.15, 0.2) is 29.1 Å². The second-order valence-corrected chi connectivity index (χ2v) is 5.00. The van der Waals surface area contributed by atoms with Gasteiger partial charge in [0, 0.05) is 18.2 Å². The molecule has 0 fully saturated rings. The number of carboxylic acid groups (broad SMARTS) is 1. The minimum Gasteiger partial charge on any atom is -0.493 e. The highest BCUT2D eigenvalue weighted by Gasteiger charge is 2.12. The van der Waals surface area contributed by atoms with Crippen LogP contribution in [-0.4, -0.2) is 28.8 Å². The number of aliphatic carboxylic acids is 1. The van der Waals surface area contributed by atoms with Crippen molar-refractivity contribution in [1.82, 2.24) is 4.57 Å². The number of pyridine rings is 1. The molecular weight excluding hydrogens is 284 g/mol. The fourth-order valence-electron chi connectivity index (χ4n) is 2.38. The smallest absolute Gasteiger partial charge is 0.308 e. The quantitative estimate of drug-likeness (QED) is 0.754. The van der Waals surface area contributed by atoms with E-state index in [1.807, 2.05) is 19.1 Å². The van der Waals surface area contributed by atoms with E-state index in [9.17, 15) is 9.59 Å². The van der Waals surface area contributed by atoms with Gasteiger partial charge >= 0.3 is 5.97 Å². The molecule has 6 nitrogen and oxygen atoms in total. The SMILES string of the molecule is CCn1c(=O)c(CC(=O)O)cc2ccc(OCCCN)cc21. The lowest BCUT2D eigenvalue weighted by Crippen LogP contribution is -2.25. The number of carbonyl (C=O) groups is 1. The fraction of sp³-hybridized carbons (Fsp3) is 0.375. The van der Waals surface area contributed by atoms with Crippen LogP contribution in [0.5, 0.6) is 5.75 Å². The summed E-state index contributed by atoms with van der Waals surface area (Å²) < 4.78 is 7.17. The molecule has 0 atom stereocenters. The predicted octanol–water partition coefficient (Wildman–Crippen LogP) is 1.38. The first-order chi connectivity index (χ1) is 10.6. The molecule has 118 valence electrons. The number of hydrogen-bond acceptors (Lipinski definition) is 4. The zero-order valence-corrected chi connectivity index (χ0v) is 12.5. The van der Waals surface area contributed by atoms with E-state index in [0.717, 1.165) is 17.3 Å². The van der Waals surface area contributed by atoms with Crippen molar-refractivity contribution in [3.05, 3.63) is 40.2 Å². The van der Waals surface area contributed by atoms with Crippen LogP contribution in [0, 0.1) is 0 Å². The van der Waals surface area contributed by atoms with Crippen molar-refractivity contribution < 1.29 is 14.6 Å². The van der Waals surface area contributed by atoms with Crippen LogP contribution in [0.25, 0.3) is 10.9 Å². The van der Waals surface area contributed by atoms with Crippen molar-refractivity contribution in [2.75, 3.05) is 13.2 Å². The summed E-state index contributed by atoms with van der Waals surface area (Å²) in [7, 11) is 0. The van der Waals surface area contributed by atoms with Crippen LogP contribution < -0.4 is 16.0 Å². The van der Waals surface area contributed by atoms with E-state index in [-0.39, 0.29) is 12.0 Å². The number of hydrogen-bond donors (Lipinski definition) is 2. The fourth-order valence-corrected chi connectivity index (χ4v) is 2.38. The second-order valence-electron chi connectivity index (χ2n) is 5.00. The third kappa shape index (κ3) is 3.46. The molecule has 1 aromatic heterocycles. The Labute approximate surface area is 128 Å². The number of nitrogens with zero attached hydrogens (tertiary/aromatic N) is 1. The standard InChI is InChI=1S/C16H20N2O4/c1-2-18-14-10-13(22-7-3-6-17)5-4-11(14)8-12(16(18)21)9-15(19)20/h4-5,8,10H,2-3,6-7,9,17H2,1H3,(H,19,20). The molecule has 0 saturated heterocycles. The zero-order valence-electron chi connectivity index (χ0n) is 12.5. The molecule has 2 aromatic rings. The number of nitrogens with two attached hydrogens (primary N) is 1. The Kier molecular flexibility index (Phi) is 5.16. The molecule has 0 aliphatic rings. The van der Waals surface area contributed by atoms with Crippen molar-refractivity contribution in [2.24, 2.45) is 5.73 Å². The molecule has 0 aliphatic carbocycles. The van der Waals surface area contributed by atoms with E-state index in [1.165, 1.54) is 0 Å². The van der Waals surface area contributed by atoms with Gasteiger partial charge in [0.25, 0.3) is 5.56 Å². The summed E-state index contributed by atoms with van der Waals surface area (Å²) in [5, 5.41) is 9.74. The van der Waals surface area contributed by atoms with Gasteiger partial charge in [-0.1, -0.05) is 0 Å². The van der Waals surface area contributed by atoms with Gasteiger partial charge in [-0.05, 0) is 43.5 Å². The molecule has 0 unspecified atom stereocenters. The van der Waals surface area contributed by atoms with E-state index in [4.69, 9.17) is 15.6 Å². The molecule has 0 amide bonds. The Morgan fingerprint density at radius 3 is 2.77 bits per heavy atom. The van der Waals surface area contributed by atoms with Crippen LogP contribution in [0.4, 0.5) is 0 Å². The lowest BCUT2D eigenvalue weighted by molar-refractivity contribution is -0.136. The normalized spacial score (nSPS) is 10.8. The average Bonchev–Trinajstić information content (AvgIpc) is 2.48. The number of rotatable bonds is 7. The Morgan fingerprint density at radius 2 is 2.14 bits per heavy atom. The number of aromatic nitrogens is 1. The van der Waals surface area contributed by atoms with Gasteiger partial charge in [-0.15, -0.1) is 0 Å². The molecule has 1 heterocycles. The molecule has 0 radical (unpaired) electrons. The maximum Gasteiger partial charge on any atom is 0.308 e. The van der Waals surface area contributed by atoms with E-state index < -0.39 is 5.97 Å². The van der Waals surface area contributed by atoms with Crippen molar-refractivity contribution in [3.8, 4) is 5.75 Å². The lowest BCUT2D eigenvalue weighted by Gasteiger charge is -2.12. The van der Waals surface area contributed by atoms with Crippen molar-refractivity contribution in [2.45, 2.75) is 26.3 Å².